The Bertz CT molecular complexity index is 204. The Morgan fingerprint density at radius 3 is 2.36 bits per heavy atom. The van der Waals surface area contributed by atoms with Crippen molar-refractivity contribution in [2.75, 3.05) is 0 Å². The van der Waals surface area contributed by atoms with Gasteiger partial charge in [0.05, 0.1) is 5.92 Å². The summed E-state index contributed by atoms with van der Waals surface area (Å²) in [5, 5.41) is 8.75. The third kappa shape index (κ3) is 1.17. The van der Waals surface area contributed by atoms with Gasteiger partial charge in [-0.05, 0) is 18.3 Å². The van der Waals surface area contributed by atoms with E-state index < -0.39 is 5.97 Å². The van der Waals surface area contributed by atoms with E-state index in [0.29, 0.717) is 0 Å². The van der Waals surface area contributed by atoms with Crippen LogP contribution in [0.25, 0.3) is 0 Å². The molecule has 2 atom stereocenters. The van der Waals surface area contributed by atoms with Crippen LogP contribution in [0.2, 0.25) is 0 Å². The van der Waals surface area contributed by atoms with E-state index in [1.165, 1.54) is 0 Å². The molecule has 1 aliphatic carbocycles. The molecule has 62 valence electrons. The van der Waals surface area contributed by atoms with Gasteiger partial charge in [0.15, 0.2) is 0 Å². The van der Waals surface area contributed by atoms with Gasteiger partial charge in [-0.3, -0.25) is 4.79 Å². The second-order valence-electron chi connectivity index (χ2n) is 3.69. The van der Waals surface area contributed by atoms with Gasteiger partial charge in [-0.25, -0.2) is 0 Å². The van der Waals surface area contributed by atoms with Gasteiger partial charge in [-0.1, -0.05) is 26.0 Å². The Balaban J connectivity index is 2.68. The van der Waals surface area contributed by atoms with Crippen molar-refractivity contribution in [3.05, 3.63) is 12.2 Å². The minimum Gasteiger partial charge on any atom is -0.481 e. The molecule has 2 heteroatoms. The van der Waals surface area contributed by atoms with E-state index in [1.807, 2.05) is 32.9 Å². The van der Waals surface area contributed by atoms with E-state index in [4.69, 9.17) is 5.11 Å². The first-order valence-electron chi connectivity index (χ1n) is 3.87. The van der Waals surface area contributed by atoms with E-state index in [9.17, 15) is 4.79 Å². The maximum absolute atomic E-state index is 10.6. The molecule has 1 saturated carbocycles. The molecule has 0 saturated heterocycles. The van der Waals surface area contributed by atoms with Crippen LogP contribution in [0.1, 0.15) is 20.8 Å². The summed E-state index contributed by atoms with van der Waals surface area (Å²) in [5.74, 6) is -0.596. The Kier molecular flexibility index (Phi) is 1.78. The zero-order chi connectivity index (χ0) is 8.65. The van der Waals surface area contributed by atoms with Gasteiger partial charge in [0.2, 0.25) is 0 Å². The smallest absolute Gasteiger partial charge is 0.307 e. The molecule has 1 fully saturated rings. The second kappa shape index (κ2) is 2.36. The summed E-state index contributed by atoms with van der Waals surface area (Å²) >= 11 is 0. The molecule has 0 spiro atoms. The van der Waals surface area contributed by atoms with E-state index in [0.717, 1.165) is 0 Å². The molecule has 0 amide bonds. The first-order valence-corrected chi connectivity index (χ1v) is 3.87. The molecule has 0 aromatic carbocycles. The van der Waals surface area contributed by atoms with Crippen LogP contribution < -0.4 is 0 Å². The van der Waals surface area contributed by atoms with Crippen LogP contribution in [0.5, 0.6) is 0 Å². The van der Waals surface area contributed by atoms with Crippen LogP contribution in [0.4, 0.5) is 0 Å². The van der Waals surface area contributed by atoms with Crippen molar-refractivity contribution >= 4 is 5.97 Å². The van der Waals surface area contributed by atoms with Gasteiger partial charge < -0.3 is 5.11 Å². The predicted octanol–water partition coefficient (Wildman–Crippen LogP) is 1.92. The number of aliphatic carboxylic acids is 1. The van der Waals surface area contributed by atoms with Crippen molar-refractivity contribution in [2.45, 2.75) is 20.8 Å². The van der Waals surface area contributed by atoms with Crippen molar-refractivity contribution in [1.82, 2.24) is 0 Å². The number of carboxylic acid groups (broad SMARTS) is 1. The van der Waals surface area contributed by atoms with Gasteiger partial charge >= 0.3 is 5.97 Å². The van der Waals surface area contributed by atoms with Crippen LogP contribution >= 0.6 is 0 Å². The highest BCUT2D eigenvalue weighted by molar-refractivity contribution is 5.76. The SMILES string of the molecule is CC=CC1C(C(=O)O)C1(C)C. The molecule has 1 rings (SSSR count). The molecule has 1 aliphatic rings. The summed E-state index contributed by atoms with van der Waals surface area (Å²) in [6, 6.07) is 0. The fourth-order valence-corrected chi connectivity index (χ4v) is 1.72. The van der Waals surface area contributed by atoms with Crippen molar-refractivity contribution in [2.24, 2.45) is 17.3 Å². The molecule has 0 radical (unpaired) electrons. The second-order valence-corrected chi connectivity index (χ2v) is 3.69. The van der Waals surface area contributed by atoms with Crippen molar-refractivity contribution < 1.29 is 9.90 Å². The Morgan fingerprint density at radius 1 is 1.55 bits per heavy atom. The molecule has 11 heavy (non-hydrogen) atoms. The molecule has 0 bridgehead atoms. The minimum absolute atomic E-state index is 0.0294. The fraction of sp³-hybridized carbons (Fsp3) is 0.667. The molecule has 2 nitrogen and oxygen atoms in total. The topological polar surface area (TPSA) is 37.3 Å². The summed E-state index contributed by atoms with van der Waals surface area (Å²) in [7, 11) is 0. The highest BCUT2D eigenvalue weighted by atomic mass is 16.4. The summed E-state index contributed by atoms with van der Waals surface area (Å²) in [6.07, 6.45) is 3.91. The highest BCUT2D eigenvalue weighted by Gasteiger charge is 2.60. The lowest BCUT2D eigenvalue weighted by Crippen LogP contribution is -2.02. The zero-order valence-corrected chi connectivity index (χ0v) is 7.16. The van der Waals surface area contributed by atoms with Gasteiger partial charge in [-0.15, -0.1) is 0 Å². The van der Waals surface area contributed by atoms with E-state index in [2.05, 4.69) is 0 Å². The third-order valence-electron chi connectivity index (χ3n) is 2.58. The number of hydrogen-bond acceptors (Lipinski definition) is 1. The number of carboxylic acids is 1. The summed E-state index contributed by atoms with van der Waals surface area (Å²) in [6.45, 7) is 5.92. The molecule has 0 aromatic rings. The predicted molar refractivity (Wildman–Crippen MR) is 43.2 cm³/mol. The van der Waals surface area contributed by atoms with Gasteiger partial charge in [-0.2, -0.15) is 0 Å². The first kappa shape index (κ1) is 8.31. The fourth-order valence-electron chi connectivity index (χ4n) is 1.72. The average molecular weight is 154 g/mol. The third-order valence-corrected chi connectivity index (χ3v) is 2.58. The number of rotatable bonds is 2. The number of carbonyl (C=O) groups is 1. The van der Waals surface area contributed by atoms with Gasteiger partial charge in [0.1, 0.15) is 0 Å². The average Bonchev–Trinajstić information content (AvgIpc) is 2.35. The maximum Gasteiger partial charge on any atom is 0.307 e. The molecular formula is C9H14O2. The zero-order valence-electron chi connectivity index (χ0n) is 7.16. The molecule has 0 heterocycles. The van der Waals surface area contributed by atoms with Gasteiger partial charge in [0.25, 0.3) is 0 Å². The summed E-state index contributed by atoms with van der Waals surface area (Å²) in [4.78, 5) is 10.6. The summed E-state index contributed by atoms with van der Waals surface area (Å²) in [5.41, 5.74) is -0.0294. The van der Waals surface area contributed by atoms with Crippen LogP contribution in [0.3, 0.4) is 0 Å². The van der Waals surface area contributed by atoms with Crippen LogP contribution in [-0.2, 0) is 4.79 Å². The van der Waals surface area contributed by atoms with E-state index >= 15 is 0 Å². The van der Waals surface area contributed by atoms with Crippen LogP contribution in [0, 0.1) is 17.3 Å². The van der Waals surface area contributed by atoms with Gasteiger partial charge in [0, 0.05) is 0 Å². The first-order chi connectivity index (χ1) is 5.01. The van der Waals surface area contributed by atoms with Crippen molar-refractivity contribution in [1.29, 1.82) is 0 Å². The van der Waals surface area contributed by atoms with E-state index in [-0.39, 0.29) is 17.3 Å². The van der Waals surface area contributed by atoms with Crippen molar-refractivity contribution in [3.63, 3.8) is 0 Å². The highest BCUT2D eigenvalue weighted by Crippen LogP contribution is 2.58. The van der Waals surface area contributed by atoms with Crippen LogP contribution in [-0.4, -0.2) is 11.1 Å². The lowest BCUT2D eigenvalue weighted by molar-refractivity contribution is -0.139. The summed E-state index contributed by atoms with van der Waals surface area (Å²) < 4.78 is 0. The standard InChI is InChI=1S/C9H14O2/c1-4-5-6-7(8(10)11)9(6,2)3/h4-7H,1-3H3,(H,10,11). The molecule has 1 N–H and O–H groups in total. The normalized spacial score (nSPS) is 34.1. The number of hydrogen-bond donors (Lipinski definition) is 1. The van der Waals surface area contributed by atoms with Crippen molar-refractivity contribution in [3.8, 4) is 0 Å². The minimum atomic E-state index is -0.668. The molecule has 0 aromatic heterocycles. The molecular weight excluding hydrogens is 140 g/mol. The van der Waals surface area contributed by atoms with Crippen LogP contribution in [0.15, 0.2) is 12.2 Å². The quantitative estimate of drug-likeness (QED) is 0.617. The monoisotopic (exact) mass is 154 g/mol. The largest absolute Gasteiger partial charge is 0.481 e. The molecule has 2 unspecified atom stereocenters. The molecule has 0 aliphatic heterocycles. The van der Waals surface area contributed by atoms with E-state index in [1.54, 1.807) is 0 Å². The Morgan fingerprint density at radius 2 is 2.09 bits per heavy atom. The number of allylic oxidation sites excluding steroid dienone is 2. The lowest BCUT2D eigenvalue weighted by Gasteiger charge is -1.95. The maximum atomic E-state index is 10.6. The Hall–Kier alpha value is -0.790. The lowest BCUT2D eigenvalue weighted by atomic mass is 10.1. The Labute approximate surface area is 66.9 Å².